The van der Waals surface area contributed by atoms with Crippen LogP contribution in [0.1, 0.15) is 36.5 Å². The molecule has 1 atom stereocenters. The van der Waals surface area contributed by atoms with Crippen molar-refractivity contribution in [1.29, 1.82) is 0 Å². The Kier molecular flexibility index (Phi) is 5.30. The number of likely N-dealkylation sites (tertiary alicyclic amines) is 1. The van der Waals surface area contributed by atoms with Gasteiger partial charge in [0.25, 0.3) is 5.91 Å². The fraction of sp³-hybridized carbons (Fsp3) is 0.364. The van der Waals surface area contributed by atoms with E-state index in [1.165, 1.54) is 0 Å². The minimum atomic E-state index is -0.0120. The maximum absolute atomic E-state index is 13.0. The molecule has 146 valence electrons. The molecular weight excluding hydrogens is 356 g/mol. The van der Waals surface area contributed by atoms with Crippen LogP contribution in [0.4, 0.5) is 0 Å². The number of nitrogens with zero attached hydrogens (tertiary/aromatic N) is 2. The van der Waals surface area contributed by atoms with Crippen LogP contribution < -0.4 is 0 Å². The van der Waals surface area contributed by atoms with Gasteiger partial charge in [-0.25, -0.2) is 4.98 Å². The van der Waals surface area contributed by atoms with Crippen molar-refractivity contribution >= 4 is 17.0 Å². The van der Waals surface area contributed by atoms with Gasteiger partial charge in [0, 0.05) is 30.8 Å². The summed E-state index contributed by atoms with van der Waals surface area (Å²) in [4.78, 5) is 19.3. The van der Waals surface area contributed by atoms with Crippen molar-refractivity contribution in [3.8, 4) is 17.2 Å². The quantitative estimate of drug-likeness (QED) is 0.717. The minimum Gasteiger partial charge on any atom is -0.508 e. The Balaban J connectivity index is 1.55. The van der Waals surface area contributed by atoms with Gasteiger partial charge >= 0.3 is 0 Å². The van der Waals surface area contributed by atoms with Gasteiger partial charge in [0.15, 0.2) is 5.58 Å². The number of ether oxygens (including phenoxy) is 1. The fourth-order valence-electron chi connectivity index (χ4n) is 3.55. The molecule has 1 aliphatic heterocycles. The van der Waals surface area contributed by atoms with E-state index in [0.29, 0.717) is 34.7 Å². The molecule has 1 fully saturated rings. The van der Waals surface area contributed by atoms with E-state index < -0.39 is 0 Å². The van der Waals surface area contributed by atoms with E-state index in [1.807, 2.05) is 11.0 Å². The highest BCUT2D eigenvalue weighted by Crippen LogP contribution is 2.27. The van der Waals surface area contributed by atoms with Crippen LogP contribution in [0.5, 0.6) is 5.75 Å². The van der Waals surface area contributed by atoms with Crippen molar-refractivity contribution in [1.82, 2.24) is 9.88 Å². The number of piperidine rings is 1. The summed E-state index contributed by atoms with van der Waals surface area (Å²) in [6.07, 6.45) is 3.04. The van der Waals surface area contributed by atoms with Crippen molar-refractivity contribution in [3.05, 3.63) is 48.0 Å². The lowest BCUT2D eigenvalue weighted by atomic mass is 10.1. The van der Waals surface area contributed by atoms with E-state index in [2.05, 4.69) is 11.9 Å². The summed E-state index contributed by atoms with van der Waals surface area (Å²) < 4.78 is 11.7. The third-order valence-corrected chi connectivity index (χ3v) is 4.95. The maximum Gasteiger partial charge on any atom is 0.254 e. The third kappa shape index (κ3) is 3.87. The number of hydrogen-bond acceptors (Lipinski definition) is 5. The molecule has 3 aromatic rings. The predicted molar refractivity (Wildman–Crippen MR) is 106 cm³/mol. The van der Waals surface area contributed by atoms with Gasteiger partial charge in [-0.2, -0.15) is 0 Å². The number of carbonyl (C=O) groups is 1. The Hall–Kier alpha value is -2.86. The molecule has 1 aliphatic rings. The Morgan fingerprint density at radius 2 is 2.21 bits per heavy atom. The van der Waals surface area contributed by atoms with Crippen molar-refractivity contribution < 1.29 is 19.1 Å². The molecule has 1 amide bonds. The molecule has 1 unspecified atom stereocenters. The molecule has 4 rings (SSSR count). The van der Waals surface area contributed by atoms with Gasteiger partial charge in [0.1, 0.15) is 11.3 Å². The Morgan fingerprint density at radius 1 is 1.32 bits per heavy atom. The van der Waals surface area contributed by atoms with Crippen LogP contribution in [0.3, 0.4) is 0 Å². The molecule has 0 aliphatic carbocycles. The van der Waals surface area contributed by atoms with Crippen LogP contribution in [0.15, 0.2) is 46.9 Å². The summed E-state index contributed by atoms with van der Waals surface area (Å²) in [5.74, 6) is 0.559. The van der Waals surface area contributed by atoms with Gasteiger partial charge in [-0.15, -0.1) is 0 Å². The van der Waals surface area contributed by atoms with Crippen LogP contribution >= 0.6 is 0 Å². The van der Waals surface area contributed by atoms with E-state index in [9.17, 15) is 9.90 Å². The number of rotatable bonds is 5. The molecule has 2 heterocycles. The Labute approximate surface area is 163 Å². The second-order valence-electron chi connectivity index (χ2n) is 7.14. The number of phenols is 1. The summed E-state index contributed by atoms with van der Waals surface area (Å²) >= 11 is 0. The van der Waals surface area contributed by atoms with E-state index in [1.54, 1.807) is 36.4 Å². The van der Waals surface area contributed by atoms with Crippen molar-refractivity contribution in [2.45, 2.75) is 32.3 Å². The number of hydrogen-bond donors (Lipinski definition) is 1. The lowest BCUT2D eigenvalue weighted by Gasteiger charge is -2.32. The predicted octanol–water partition coefficient (Wildman–Crippen LogP) is 4.23. The molecule has 0 spiro atoms. The second-order valence-corrected chi connectivity index (χ2v) is 7.14. The summed E-state index contributed by atoms with van der Waals surface area (Å²) in [7, 11) is 0. The maximum atomic E-state index is 13.0. The molecule has 1 aromatic heterocycles. The molecule has 0 bridgehead atoms. The van der Waals surface area contributed by atoms with E-state index in [0.717, 1.165) is 32.4 Å². The number of aromatic hydroxyl groups is 1. The van der Waals surface area contributed by atoms with E-state index in [4.69, 9.17) is 9.15 Å². The van der Waals surface area contributed by atoms with Gasteiger partial charge in [-0.3, -0.25) is 4.79 Å². The van der Waals surface area contributed by atoms with E-state index in [-0.39, 0.29) is 17.8 Å². The number of phenolic OH excluding ortho intramolecular Hbond substituents is 1. The Bertz CT molecular complexity index is 982. The number of benzene rings is 2. The summed E-state index contributed by atoms with van der Waals surface area (Å²) in [5.41, 5.74) is 2.51. The standard InChI is InChI=1S/C22H24N2O4/c1-2-11-27-18-7-4-10-24(14-18)22(26)16-8-9-19-20(13-16)28-21(23-19)15-5-3-6-17(25)12-15/h3,5-6,8-9,12-13,18,25H,2,4,7,10-11,14H2,1H3. The molecule has 2 aromatic carbocycles. The number of carbonyl (C=O) groups excluding carboxylic acids is 1. The number of aromatic nitrogens is 1. The summed E-state index contributed by atoms with van der Waals surface area (Å²) in [5, 5.41) is 9.66. The molecule has 1 N–H and O–H groups in total. The first-order valence-electron chi connectivity index (χ1n) is 9.75. The highest BCUT2D eigenvalue weighted by Gasteiger charge is 2.25. The first-order valence-corrected chi connectivity index (χ1v) is 9.75. The van der Waals surface area contributed by atoms with Gasteiger partial charge in [-0.1, -0.05) is 13.0 Å². The van der Waals surface area contributed by atoms with Crippen molar-refractivity contribution in [3.63, 3.8) is 0 Å². The van der Waals surface area contributed by atoms with Crippen molar-refractivity contribution in [2.75, 3.05) is 19.7 Å². The third-order valence-electron chi connectivity index (χ3n) is 4.95. The molecule has 28 heavy (non-hydrogen) atoms. The fourth-order valence-corrected chi connectivity index (χ4v) is 3.55. The molecule has 1 saturated heterocycles. The highest BCUT2D eigenvalue weighted by atomic mass is 16.5. The summed E-state index contributed by atoms with van der Waals surface area (Å²) in [6, 6.07) is 12.1. The molecule has 0 radical (unpaired) electrons. The summed E-state index contributed by atoms with van der Waals surface area (Å²) in [6.45, 7) is 4.19. The molecule has 0 saturated carbocycles. The number of oxazole rings is 1. The van der Waals surface area contributed by atoms with Crippen LogP contribution in [-0.2, 0) is 4.74 Å². The lowest BCUT2D eigenvalue weighted by Crippen LogP contribution is -2.43. The van der Waals surface area contributed by atoms with Gasteiger partial charge < -0.3 is 19.2 Å². The minimum absolute atomic E-state index is 0.0120. The molecule has 6 nitrogen and oxygen atoms in total. The smallest absolute Gasteiger partial charge is 0.254 e. The zero-order valence-corrected chi connectivity index (χ0v) is 15.9. The van der Waals surface area contributed by atoms with Crippen molar-refractivity contribution in [2.24, 2.45) is 0 Å². The van der Waals surface area contributed by atoms with Gasteiger partial charge in [-0.05, 0) is 55.7 Å². The van der Waals surface area contributed by atoms with Crippen LogP contribution in [-0.4, -0.2) is 46.7 Å². The second kappa shape index (κ2) is 8.02. The largest absolute Gasteiger partial charge is 0.508 e. The normalized spacial score (nSPS) is 17.2. The van der Waals surface area contributed by atoms with Crippen LogP contribution in [0.25, 0.3) is 22.6 Å². The zero-order valence-electron chi connectivity index (χ0n) is 15.9. The van der Waals surface area contributed by atoms with Crippen LogP contribution in [0.2, 0.25) is 0 Å². The van der Waals surface area contributed by atoms with Crippen LogP contribution in [0, 0.1) is 0 Å². The average molecular weight is 380 g/mol. The Morgan fingerprint density at radius 3 is 3.04 bits per heavy atom. The molecule has 6 heteroatoms. The number of amides is 1. The monoisotopic (exact) mass is 380 g/mol. The topological polar surface area (TPSA) is 75.8 Å². The SMILES string of the molecule is CCCOC1CCCN(C(=O)c2ccc3nc(-c4cccc(O)c4)oc3c2)C1. The highest BCUT2D eigenvalue weighted by molar-refractivity contribution is 5.97. The first kappa shape index (κ1) is 18.5. The zero-order chi connectivity index (χ0) is 19.5. The molecular formula is C22H24N2O4. The van der Waals surface area contributed by atoms with E-state index >= 15 is 0 Å². The lowest BCUT2D eigenvalue weighted by molar-refractivity contribution is 0.00211. The first-order chi connectivity index (χ1) is 13.6. The van der Waals surface area contributed by atoms with Gasteiger partial charge in [0.05, 0.1) is 6.10 Å². The average Bonchev–Trinajstić information content (AvgIpc) is 3.15. The van der Waals surface area contributed by atoms with Gasteiger partial charge in [0.2, 0.25) is 5.89 Å². The number of fused-ring (bicyclic) bond motifs is 1.